The van der Waals surface area contributed by atoms with Crippen LogP contribution in [0.1, 0.15) is 98.6 Å². The standard InChI is InChI=1S/C37H40/c1-3-5-7-9-15-27-21-23-31-32-24-22-28(16-10-8-6-4-2)26-36(32)37(35(31)25-27)33-19-13-11-17-29(33)30-18-12-14-20-34(30)37/h11-14,17-26H,3-10,15-16H2,1-2H3. The topological polar surface area (TPSA) is 0 Å². The van der Waals surface area contributed by atoms with E-state index in [0.717, 1.165) is 0 Å². The summed E-state index contributed by atoms with van der Waals surface area (Å²) in [6, 6.07) is 33.2. The number of hydrogen-bond donors (Lipinski definition) is 0. The Bertz CT molecular complexity index is 1300. The maximum Gasteiger partial charge on any atom is 0.0725 e. The largest absolute Gasteiger partial charge is 0.0725 e. The van der Waals surface area contributed by atoms with Crippen molar-refractivity contribution in [2.24, 2.45) is 0 Å². The monoisotopic (exact) mass is 484 g/mol. The summed E-state index contributed by atoms with van der Waals surface area (Å²) in [5.41, 5.74) is 14.3. The molecule has 0 saturated heterocycles. The minimum absolute atomic E-state index is 0.212. The lowest BCUT2D eigenvalue weighted by Crippen LogP contribution is -2.26. The van der Waals surface area contributed by atoms with Gasteiger partial charge in [-0.05, 0) is 81.3 Å². The van der Waals surface area contributed by atoms with Gasteiger partial charge in [0, 0.05) is 0 Å². The van der Waals surface area contributed by atoms with Crippen LogP contribution >= 0.6 is 0 Å². The van der Waals surface area contributed by atoms with E-state index in [2.05, 4.69) is 98.8 Å². The van der Waals surface area contributed by atoms with Crippen molar-refractivity contribution in [2.75, 3.05) is 0 Å². The molecule has 0 heterocycles. The minimum atomic E-state index is -0.212. The van der Waals surface area contributed by atoms with Crippen molar-refractivity contribution >= 4 is 0 Å². The van der Waals surface area contributed by atoms with Crippen molar-refractivity contribution in [3.63, 3.8) is 0 Å². The predicted molar refractivity (Wildman–Crippen MR) is 158 cm³/mol. The zero-order valence-corrected chi connectivity index (χ0v) is 22.7. The van der Waals surface area contributed by atoms with Crippen molar-refractivity contribution in [1.82, 2.24) is 0 Å². The summed E-state index contributed by atoms with van der Waals surface area (Å²) in [6.45, 7) is 4.59. The molecule has 2 aliphatic carbocycles. The molecule has 0 aliphatic heterocycles. The number of benzene rings is 4. The van der Waals surface area contributed by atoms with Gasteiger partial charge < -0.3 is 0 Å². The third kappa shape index (κ3) is 3.97. The minimum Gasteiger partial charge on any atom is -0.0654 e. The van der Waals surface area contributed by atoms with Crippen LogP contribution in [-0.2, 0) is 18.3 Å². The summed E-state index contributed by atoms with van der Waals surface area (Å²) in [4.78, 5) is 0. The van der Waals surface area contributed by atoms with Gasteiger partial charge in [0.2, 0.25) is 0 Å². The zero-order chi connectivity index (χ0) is 25.2. The third-order valence-corrected chi connectivity index (χ3v) is 8.86. The molecular formula is C37H40. The van der Waals surface area contributed by atoms with Gasteiger partial charge in [0.05, 0.1) is 5.41 Å². The number of rotatable bonds is 10. The van der Waals surface area contributed by atoms with Crippen LogP contribution in [0.15, 0.2) is 84.9 Å². The maximum absolute atomic E-state index is 2.57. The van der Waals surface area contributed by atoms with E-state index in [1.54, 1.807) is 0 Å². The van der Waals surface area contributed by atoms with Gasteiger partial charge >= 0.3 is 0 Å². The van der Waals surface area contributed by atoms with Crippen molar-refractivity contribution < 1.29 is 0 Å². The van der Waals surface area contributed by atoms with E-state index in [1.807, 2.05) is 0 Å². The van der Waals surface area contributed by atoms with E-state index in [9.17, 15) is 0 Å². The smallest absolute Gasteiger partial charge is 0.0654 e. The molecule has 188 valence electrons. The highest BCUT2D eigenvalue weighted by Gasteiger charge is 2.51. The third-order valence-electron chi connectivity index (χ3n) is 8.86. The van der Waals surface area contributed by atoms with Crippen LogP contribution < -0.4 is 0 Å². The number of aryl methyl sites for hydroxylation is 2. The second-order valence-corrected chi connectivity index (χ2v) is 11.2. The van der Waals surface area contributed by atoms with Gasteiger partial charge in [-0.25, -0.2) is 0 Å². The Morgan fingerprint density at radius 3 is 1.32 bits per heavy atom. The van der Waals surface area contributed by atoms with Gasteiger partial charge in [0.1, 0.15) is 0 Å². The van der Waals surface area contributed by atoms with Crippen molar-refractivity contribution in [3.05, 3.63) is 118 Å². The van der Waals surface area contributed by atoms with Crippen LogP contribution in [-0.4, -0.2) is 0 Å². The van der Waals surface area contributed by atoms with Gasteiger partial charge in [0.25, 0.3) is 0 Å². The summed E-state index contributed by atoms with van der Waals surface area (Å²) in [5, 5.41) is 0. The summed E-state index contributed by atoms with van der Waals surface area (Å²) in [6.07, 6.45) is 12.8. The molecule has 0 radical (unpaired) electrons. The van der Waals surface area contributed by atoms with E-state index < -0.39 is 0 Å². The molecule has 6 rings (SSSR count). The van der Waals surface area contributed by atoms with Gasteiger partial charge in [0.15, 0.2) is 0 Å². The predicted octanol–water partition coefficient (Wildman–Crippen LogP) is 10.3. The summed E-state index contributed by atoms with van der Waals surface area (Å²) in [5.74, 6) is 0. The average Bonchev–Trinajstić information content (AvgIpc) is 3.40. The van der Waals surface area contributed by atoms with E-state index >= 15 is 0 Å². The SMILES string of the molecule is CCCCCCc1ccc2c(c1)C1(c3ccccc3-c3ccccc31)c1cc(CCCCCC)ccc1-2. The van der Waals surface area contributed by atoms with Gasteiger partial charge in [-0.2, -0.15) is 0 Å². The summed E-state index contributed by atoms with van der Waals surface area (Å²) in [7, 11) is 0. The van der Waals surface area contributed by atoms with Crippen molar-refractivity contribution in [1.29, 1.82) is 0 Å². The molecule has 37 heavy (non-hydrogen) atoms. The fraction of sp³-hybridized carbons (Fsp3) is 0.351. The fourth-order valence-corrected chi connectivity index (χ4v) is 7.06. The van der Waals surface area contributed by atoms with E-state index in [4.69, 9.17) is 0 Å². The number of fused-ring (bicyclic) bond motifs is 10. The van der Waals surface area contributed by atoms with Crippen LogP contribution in [0.3, 0.4) is 0 Å². The Kier molecular flexibility index (Phi) is 6.76. The molecule has 4 aromatic carbocycles. The summed E-state index contributed by atoms with van der Waals surface area (Å²) >= 11 is 0. The van der Waals surface area contributed by atoms with Gasteiger partial charge in [-0.15, -0.1) is 0 Å². The van der Waals surface area contributed by atoms with E-state index in [0.29, 0.717) is 0 Å². The highest BCUT2D eigenvalue weighted by atomic mass is 14.5. The van der Waals surface area contributed by atoms with Crippen LogP contribution in [0.2, 0.25) is 0 Å². The first-order valence-electron chi connectivity index (χ1n) is 14.8. The Hall–Kier alpha value is -3.12. The van der Waals surface area contributed by atoms with Crippen molar-refractivity contribution in [2.45, 2.75) is 83.5 Å². The second-order valence-electron chi connectivity index (χ2n) is 11.2. The zero-order valence-electron chi connectivity index (χ0n) is 22.7. The Balaban J connectivity index is 1.53. The Morgan fingerprint density at radius 1 is 0.432 bits per heavy atom. The molecule has 0 saturated carbocycles. The lowest BCUT2D eigenvalue weighted by Gasteiger charge is -2.31. The Morgan fingerprint density at radius 2 is 0.865 bits per heavy atom. The molecule has 0 N–H and O–H groups in total. The molecule has 0 fully saturated rings. The molecule has 0 nitrogen and oxygen atoms in total. The lowest BCUT2D eigenvalue weighted by molar-refractivity contribution is 0.665. The van der Waals surface area contributed by atoms with Crippen LogP contribution in [0, 0.1) is 0 Å². The molecule has 2 aliphatic rings. The molecule has 0 atom stereocenters. The molecule has 0 aromatic heterocycles. The Labute approximate surface area is 223 Å². The van der Waals surface area contributed by atoms with Crippen LogP contribution in [0.4, 0.5) is 0 Å². The first kappa shape index (κ1) is 24.2. The van der Waals surface area contributed by atoms with Gasteiger partial charge in [-0.3, -0.25) is 0 Å². The molecule has 0 amide bonds. The molecule has 0 bridgehead atoms. The van der Waals surface area contributed by atoms with E-state index in [1.165, 1.54) is 120 Å². The molecule has 1 spiro atoms. The lowest BCUT2D eigenvalue weighted by atomic mass is 9.70. The second kappa shape index (κ2) is 10.3. The quantitative estimate of drug-likeness (QED) is 0.170. The highest BCUT2D eigenvalue weighted by Crippen LogP contribution is 2.62. The first-order chi connectivity index (χ1) is 18.3. The van der Waals surface area contributed by atoms with Gasteiger partial charge in [-0.1, -0.05) is 137 Å². The number of hydrogen-bond acceptors (Lipinski definition) is 0. The average molecular weight is 485 g/mol. The van der Waals surface area contributed by atoms with E-state index in [-0.39, 0.29) is 5.41 Å². The highest BCUT2D eigenvalue weighted by molar-refractivity contribution is 5.95. The molecule has 4 aromatic rings. The van der Waals surface area contributed by atoms with Crippen LogP contribution in [0.5, 0.6) is 0 Å². The maximum atomic E-state index is 2.57. The van der Waals surface area contributed by atoms with Crippen molar-refractivity contribution in [3.8, 4) is 22.3 Å². The molecular weight excluding hydrogens is 444 g/mol. The fourth-order valence-electron chi connectivity index (χ4n) is 7.06. The summed E-state index contributed by atoms with van der Waals surface area (Å²) < 4.78 is 0. The number of unbranched alkanes of at least 4 members (excludes halogenated alkanes) is 6. The first-order valence-corrected chi connectivity index (χ1v) is 14.8. The normalized spacial score (nSPS) is 13.9. The molecule has 0 unspecified atom stereocenters. The molecule has 0 heteroatoms. The van der Waals surface area contributed by atoms with Crippen LogP contribution in [0.25, 0.3) is 22.3 Å².